The van der Waals surface area contributed by atoms with E-state index < -0.39 is 5.54 Å². The molecule has 1 saturated carbocycles. The Morgan fingerprint density at radius 1 is 1.27 bits per heavy atom. The molecule has 5 nitrogen and oxygen atoms in total. The van der Waals surface area contributed by atoms with Gasteiger partial charge in [0.1, 0.15) is 5.54 Å². The average Bonchev–Trinajstić information content (AvgIpc) is 2.78. The van der Waals surface area contributed by atoms with Gasteiger partial charge in [0.15, 0.2) is 5.78 Å². The highest BCUT2D eigenvalue weighted by molar-refractivity contribution is 6.09. The van der Waals surface area contributed by atoms with Gasteiger partial charge in [-0.1, -0.05) is 46.5 Å². The van der Waals surface area contributed by atoms with Crippen LogP contribution in [-0.4, -0.2) is 46.7 Å². The summed E-state index contributed by atoms with van der Waals surface area (Å²) in [6.45, 7) is 8.16. The number of unbranched alkanes of at least 4 members (excludes halogenated alkanes) is 1. The normalized spacial score (nSPS) is 30.8. The van der Waals surface area contributed by atoms with E-state index in [4.69, 9.17) is 0 Å². The van der Waals surface area contributed by atoms with Crippen molar-refractivity contribution >= 4 is 17.7 Å². The molecule has 0 bridgehead atoms. The maximum atomic E-state index is 13.2. The summed E-state index contributed by atoms with van der Waals surface area (Å²) in [6.07, 6.45) is 7.89. The zero-order chi connectivity index (χ0) is 19.5. The van der Waals surface area contributed by atoms with Gasteiger partial charge in [-0.15, -0.1) is 0 Å². The predicted molar refractivity (Wildman–Crippen MR) is 103 cm³/mol. The number of urea groups is 1. The zero-order valence-electron chi connectivity index (χ0n) is 17.2. The lowest BCUT2D eigenvalue weighted by atomic mass is 9.71. The topological polar surface area (TPSA) is 57.7 Å². The summed E-state index contributed by atoms with van der Waals surface area (Å²) in [5.41, 5.74) is -0.808. The fourth-order valence-corrected chi connectivity index (χ4v) is 4.74. The second-order valence-corrected chi connectivity index (χ2v) is 8.56. The molecule has 0 aromatic rings. The van der Waals surface area contributed by atoms with Gasteiger partial charge in [-0.05, 0) is 44.4 Å². The molecule has 1 aliphatic carbocycles. The molecule has 2 aliphatic rings. The molecule has 0 aromatic heterocycles. The van der Waals surface area contributed by atoms with Crippen LogP contribution in [0.25, 0.3) is 0 Å². The van der Waals surface area contributed by atoms with Crippen LogP contribution in [0.2, 0.25) is 0 Å². The molecule has 4 atom stereocenters. The van der Waals surface area contributed by atoms with Gasteiger partial charge in [-0.25, -0.2) is 4.79 Å². The van der Waals surface area contributed by atoms with E-state index in [-0.39, 0.29) is 36.1 Å². The van der Waals surface area contributed by atoms with Gasteiger partial charge in [-0.2, -0.15) is 0 Å². The maximum absolute atomic E-state index is 13.2. The van der Waals surface area contributed by atoms with Gasteiger partial charge in [-0.3, -0.25) is 14.5 Å². The Morgan fingerprint density at radius 3 is 2.54 bits per heavy atom. The molecule has 0 aromatic carbocycles. The van der Waals surface area contributed by atoms with Crippen molar-refractivity contribution < 1.29 is 14.4 Å². The number of hydrogen-bond acceptors (Lipinski definition) is 3. The third-order valence-corrected chi connectivity index (χ3v) is 6.79. The van der Waals surface area contributed by atoms with Gasteiger partial charge in [0.25, 0.3) is 5.91 Å². The molecule has 1 aliphatic heterocycles. The van der Waals surface area contributed by atoms with Crippen molar-refractivity contribution in [2.24, 2.45) is 17.8 Å². The maximum Gasteiger partial charge on any atom is 0.327 e. The average molecular weight is 365 g/mol. The highest BCUT2D eigenvalue weighted by Crippen LogP contribution is 2.42. The van der Waals surface area contributed by atoms with E-state index in [1.165, 1.54) is 11.3 Å². The van der Waals surface area contributed by atoms with Gasteiger partial charge >= 0.3 is 6.03 Å². The van der Waals surface area contributed by atoms with Crippen molar-refractivity contribution in [2.75, 3.05) is 13.6 Å². The highest BCUT2D eigenvalue weighted by Gasteiger charge is 2.57. The van der Waals surface area contributed by atoms with Crippen molar-refractivity contribution in [1.29, 1.82) is 0 Å². The first-order valence-corrected chi connectivity index (χ1v) is 10.4. The number of imide groups is 1. The van der Waals surface area contributed by atoms with Crippen LogP contribution < -0.4 is 0 Å². The molecule has 4 unspecified atom stereocenters. The van der Waals surface area contributed by atoms with Gasteiger partial charge < -0.3 is 4.90 Å². The van der Waals surface area contributed by atoms with Crippen LogP contribution >= 0.6 is 0 Å². The van der Waals surface area contributed by atoms with Crippen LogP contribution in [-0.2, 0) is 9.59 Å². The number of carbonyl (C=O) groups excluding carboxylic acids is 3. The van der Waals surface area contributed by atoms with E-state index in [2.05, 4.69) is 13.8 Å². The van der Waals surface area contributed by atoms with Crippen LogP contribution in [0.5, 0.6) is 0 Å². The molecule has 26 heavy (non-hydrogen) atoms. The molecule has 2 rings (SSSR count). The third kappa shape index (κ3) is 3.81. The lowest BCUT2D eigenvalue weighted by molar-refractivity contribution is -0.138. The first-order valence-electron chi connectivity index (χ1n) is 10.4. The first kappa shape index (κ1) is 20.9. The van der Waals surface area contributed by atoms with Gasteiger partial charge in [0.05, 0.1) is 6.54 Å². The van der Waals surface area contributed by atoms with Crippen LogP contribution in [0.3, 0.4) is 0 Å². The summed E-state index contributed by atoms with van der Waals surface area (Å²) in [7, 11) is 1.72. The van der Waals surface area contributed by atoms with Crippen molar-refractivity contribution in [2.45, 2.75) is 84.6 Å². The van der Waals surface area contributed by atoms with Gasteiger partial charge in [0.2, 0.25) is 0 Å². The number of amides is 3. The van der Waals surface area contributed by atoms with Crippen molar-refractivity contribution in [3.63, 3.8) is 0 Å². The van der Waals surface area contributed by atoms with Crippen molar-refractivity contribution in [1.82, 2.24) is 9.80 Å². The van der Waals surface area contributed by atoms with Crippen molar-refractivity contribution in [3.05, 3.63) is 0 Å². The SMILES string of the molecule is CCCCC(CC)C(=O)CN1C(=O)N(C)C(C)(C2CCCC(C)C2)C1=O. The largest absolute Gasteiger partial charge is 0.327 e. The Balaban J connectivity index is 2.14. The summed E-state index contributed by atoms with van der Waals surface area (Å²) >= 11 is 0. The smallest absolute Gasteiger partial charge is 0.313 e. The van der Waals surface area contributed by atoms with Crippen LogP contribution in [0.4, 0.5) is 4.79 Å². The fourth-order valence-electron chi connectivity index (χ4n) is 4.74. The van der Waals surface area contributed by atoms with E-state index in [9.17, 15) is 14.4 Å². The third-order valence-electron chi connectivity index (χ3n) is 6.79. The minimum Gasteiger partial charge on any atom is -0.313 e. The Morgan fingerprint density at radius 2 is 1.96 bits per heavy atom. The number of rotatable bonds is 8. The summed E-state index contributed by atoms with van der Waals surface area (Å²) in [5, 5.41) is 0. The lowest BCUT2D eigenvalue weighted by Crippen LogP contribution is -2.52. The molecule has 5 heteroatoms. The summed E-state index contributed by atoms with van der Waals surface area (Å²) in [4.78, 5) is 41.5. The first-order chi connectivity index (χ1) is 12.3. The Kier molecular flexibility index (Phi) is 6.86. The molecule has 3 amide bonds. The van der Waals surface area contributed by atoms with Crippen molar-refractivity contribution in [3.8, 4) is 0 Å². The standard InChI is InChI=1S/C21H36N2O3/c1-6-8-11-16(7-2)18(24)14-23-19(25)21(4,22(5)20(23)26)17-12-9-10-15(3)13-17/h15-17H,6-14H2,1-5H3. The molecule has 1 heterocycles. The molecule has 1 saturated heterocycles. The van der Waals surface area contributed by atoms with Crippen LogP contribution in [0.15, 0.2) is 0 Å². The molecule has 0 radical (unpaired) electrons. The Hall–Kier alpha value is -1.39. The molecule has 0 N–H and O–H groups in total. The fraction of sp³-hybridized carbons (Fsp3) is 0.857. The molecular weight excluding hydrogens is 328 g/mol. The molecular formula is C21H36N2O3. The monoisotopic (exact) mass is 364 g/mol. The minimum absolute atomic E-state index is 0.0253. The summed E-state index contributed by atoms with van der Waals surface area (Å²) in [6, 6.07) is -0.311. The predicted octanol–water partition coefficient (Wildman–Crippen LogP) is 4.25. The highest BCUT2D eigenvalue weighted by atomic mass is 16.2. The summed E-state index contributed by atoms with van der Waals surface area (Å²) in [5.74, 6) is 0.550. The lowest BCUT2D eigenvalue weighted by Gasteiger charge is -2.40. The number of ketones is 1. The van der Waals surface area contributed by atoms with Crippen LogP contribution in [0.1, 0.15) is 79.1 Å². The second kappa shape index (κ2) is 8.53. The molecule has 148 valence electrons. The number of Topliss-reactive ketones (excluding diaryl/α,β-unsaturated/α-hetero) is 1. The zero-order valence-corrected chi connectivity index (χ0v) is 17.2. The van der Waals surface area contributed by atoms with E-state index in [0.717, 1.165) is 44.9 Å². The summed E-state index contributed by atoms with van der Waals surface area (Å²) < 4.78 is 0. The van der Waals surface area contributed by atoms with E-state index in [1.807, 2.05) is 13.8 Å². The van der Waals surface area contributed by atoms with E-state index in [0.29, 0.717) is 5.92 Å². The molecule has 0 spiro atoms. The van der Waals surface area contributed by atoms with E-state index >= 15 is 0 Å². The Labute approximate surface area is 158 Å². The number of likely N-dealkylation sites (N-methyl/N-ethyl adjacent to an activating group) is 1. The number of nitrogens with zero attached hydrogens (tertiary/aromatic N) is 2. The number of hydrogen-bond donors (Lipinski definition) is 0. The quantitative estimate of drug-likeness (QED) is 0.605. The Bertz CT molecular complexity index is 547. The number of carbonyl (C=O) groups is 3. The minimum atomic E-state index is -0.808. The van der Waals surface area contributed by atoms with Crippen LogP contribution in [0, 0.1) is 17.8 Å². The van der Waals surface area contributed by atoms with E-state index in [1.54, 1.807) is 11.9 Å². The van der Waals surface area contributed by atoms with Gasteiger partial charge in [0, 0.05) is 13.0 Å². The molecule has 2 fully saturated rings. The second-order valence-electron chi connectivity index (χ2n) is 8.56.